The molecule has 0 saturated heterocycles. The highest BCUT2D eigenvalue weighted by Crippen LogP contribution is 2.28. The molecule has 152 valence electrons. The van der Waals surface area contributed by atoms with Crippen LogP contribution in [-0.4, -0.2) is 26.3 Å². The number of carbonyl (C=O) groups excluding carboxylic acids is 1. The lowest BCUT2D eigenvalue weighted by Crippen LogP contribution is -2.30. The maximum absolute atomic E-state index is 13.0. The van der Waals surface area contributed by atoms with E-state index in [1.807, 2.05) is 58.9 Å². The molecule has 2 N–H and O–H groups in total. The van der Waals surface area contributed by atoms with E-state index >= 15 is 0 Å². The second-order valence-electron chi connectivity index (χ2n) is 7.03. The van der Waals surface area contributed by atoms with Gasteiger partial charge in [-0.05, 0) is 44.2 Å². The van der Waals surface area contributed by atoms with E-state index in [9.17, 15) is 14.7 Å². The number of aromatic hydroxyl groups is 1. The van der Waals surface area contributed by atoms with Crippen molar-refractivity contribution in [3.05, 3.63) is 45.7 Å². The standard InChI is InChI=1S/C21H29N3O3S/c1-6-13(3)18-19(26)23-21(24(20(18)27)15(5)7-2)28-12-17(25)22-16-11-9-8-10-14(16)4/h8-11,13,15,26H,6-7,12H2,1-5H3,(H,22,25)/t13-,15-/m0/s1. The predicted molar refractivity (Wildman–Crippen MR) is 114 cm³/mol. The number of thioether (sulfide) groups is 1. The lowest BCUT2D eigenvalue weighted by molar-refractivity contribution is -0.113. The molecule has 1 heterocycles. The number of anilines is 1. The highest BCUT2D eigenvalue weighted by molar-refractivity contribution is 7.99. The first-order chi connectivity index (χ1) is 13.3. The van der Waals surface area contributed by atoms with Crippen LogP contribution in [0.5, 0.6) is 5.88 Å². The molecule has 0 saturated carbocycles. The average Bonchev–Trinajstić information content (AvgIpc) is 2.67. The Labute approximate surface area is 170 Å². The summed E-state index contributed by atoms with van der Waals surface area (Å²) in [5.41, 5.74) is 1.86. The fourth-order valence-electron chi connectivity index (χ4n) is 2.85. The molecule has 28 heavy (non-hydrogen) atoms. The molecular weight excluding hydrogens is 374 g/mol. The molecule has 7 heteroatoms. The number of hydrogen-bond donors (Lipinski definition) is 2. The minimum atomic E-state index is -0.235. The summed E-state index contributed by atoms with van der Waals surface area (Å²) in [5.74, 6) is -0.409. The van der Waals surface area contributed by atoms with E-state index in [-0.39, 0.29) is 35.1 Å². The number of benzene rings is 1. The predicted octanol–water partition coefficient (Wildman–Crippen LogP) is 4.47. The van der Waals surface area contributed by atoms with Gasteiger partial charge < -0.3 is 10.4 Å². The number of aryl methyl sites for hydroxylation is 1. The van der Waals surface area contributed by atoms with Crippen LogP contribution in [0.3, 0.4) is 0 Å². The van der Waals surface area contributed by atoms with E-state index in [2.05, 4.69) is 10.3 Å². The number of aromatic nitrogens is 2. The fourth-order valence-corrected chi connectivity index (χ4v) is 3.74. The van der Waals surface area contributed by atoms with Gasteiger partial charge in [-0.2, -0.15) is 4.98 Å². The maximum Gasteiger partial charge on any atom is 0.261 e. The Kier molecular flexibility index (Phi) is 7.69. The molecule has 2 aromatic rings. The van der Waals surface area contributed by atoms with E-state index in [1.165, 1.54) is 0 Å². The van der Waals surface area contributed by atoms with E-state index in [0.717, 1.165) is 35.9 Å². The van der Waals surface area contributed by atoms with Crippen LogP contribution >= 0.6 is 11.8 Å². The normalized spacial score (nSPS) is 13.2. The largest absolute Gasteiger partial charge is 0.493 e. The number of nitrogens with zero attached hydrogens (tertiary/aromatic N) is 2. The first-order valence-electron chi connectivity index (χ1n) is 9.63. The molecule has 0 bridgehead atoms. The molecule has 2 atom stereocenters. The Bertz CT molecular complexity index is 895. The molecule has 0 aliphatic rings. The monoisotopic (exact) mass is 403 g/mol. The van der Waals surface area contributed by atoms with Crippen molar-refractivity contribution in [1.29, 1.82) is 0 Å². The van der Waals surface area contributed by atoms with Gasteiger partial charge in [0.1, 0.15) is 0 Å². The molecule has 0 spiro atoms. The summed E-state index contributed by atoms with van der Waals surface area (Å²) in [5, 5.41) is 13.6. The number of hydrogen-bond acceptors (Lipinski definition) is 5. The molecule has 0 unspecified atom stereocenters. The molecular formula is C21H29N3O3S. The van der Waals surface area contributed by atoms with Crippen molar-refractivity contribution < 1.29 is 9.90 Å². The average molecular weight is 404 g/mol. The Morgan fingerprint density at radius 2 is 1.93 bits per heavy atom. The van der Waals surface area contributed by atoms with Gasteiger partial charge in [-0.25, -0.2) is 0 Å². The first-order valence-corrected chi connectivity index (χ1v) is 10.6. The summed E-state index contributed by atoms with van der Waals surface area (Å²) in [7, 11) is 0. The zero-order valence-electron chi connectivity index (χ0n) is 17.2. The van der Waals surface area contributed by atoms with Gasteiger partial charge in [-0.1, -0.05) is 50.7 Å². The van der Waals surface area contributed by atoms with E-state index < -0.39 is 0 Å². The zero-order chi connectivity index (χ0) is 20.8. The minimum absolute atomic E-state index is 0.0784. The Balaban J connectivity index is 2.28. The maximum atomic E-state index is 13.0. The van der Waals surface area contributed by atoms with Gasteiger partial charge >= 0.3 is 0 Å². The smallest absolute Gasteiger partial charge is 0.261 e. The number of rotatable bonds is 8. The quantitative estimate of drug-likeness (QED) is 0.502. The Morgan fingerprint density at radius 3 is 2.54 bits per heavy atom. The third-order valence-corrected chi connectivity index (χ3v) is 5.94. The van der Waals surface area contributed by atoms with Crippen LogP contribution in [-0.2, 0) is 4.79 Å². The van der Waals surface area contributed by atoms with Gasteiger partial charge in [0.2, 0.25) is 11.8 Å². The number of carbonyl (C=O) groups is 1. The highest BCUT2D eigenvalue weighted by Gasteiger charge is 2.23. The van der Waals surface area contributed by atoms with Crippen molar-refractivity contribution in [3.8, 4) is 5.88 Å². The van der Waals surface area contributed by atoms with Crippen LogP contribution in [0.1, 0.15) is 63.6 Å². The van der Waals surface area contributed by atoms with Gasteiger partial charge in [-0.15, -0.1) is 0 Å². The van der Waals surface area contributed by atoms with Gasteiger partial charge in [0, 0.05) is 11.7 Å². The van der Waals surface area contributed by atoms with Crippen molar-refractivity contribution in [2.75, 3.05) is 11.1 Å². The summed E-state index contributed by atoms with van der Waals surface area (Å²) in [6, 6.07) is 7.47. The van der Waals surface area contributed by atoms with Crippen molar-refractivity contribution in [1.82, 2.24) is 9.55 Å². The molecule has 0 radical (unpaired) electrons. The zero-order valence-corrected chi connectivity index (χ0v) is 18.0. The van der Waals surface area contributed by atoms with Crippen LogP contribution in [0.2, 0.25) is 0 Å². The molecule has 0 fully saturated rings. The summed E-state index contributed by atoms with van der Waals surface area (Å²) in [6.45, 7) is 9.73. The van der Waals surface area contributed by atoms with Crippen molar-refractivity contribution in [3.63, 3.8) is 0 Å². The Hall–Kier alpha value is -2.28. The molecule has 2 rings (SSSR count). The topological polar surface area (TPSA) is 84.2 Å². The summed E-state index contributed by atoms with van der Waals surface area (Å²) in [4.78, 5) is 29.7. The van der Waals surface area contributed by atoms with Crippen LogP contribution in [0.4, 0.5) is 5.69 Å². The van der Waals surface area contributed by atoms with Gasteiger partial charge in [-0.3, -0.25) is 14.2 Å². The lowest BCUT2D eigenvalue weighted by Gasteiger charge is -2.20. The molecule has 0 aliphatic heterocycles. The molecule has 1 amide bonds. The summed E-state index contributed by atoms with van der Waals surface area (Å²) in [6.07, 6.45) is 1.48. The van der Waals surface area contributed by atoms with E-state index in [1.54, 1.807) is 4.57 Å². The van der Waals surface area contributed by atoms with Gasteiger partial charge in [0.05, 0.1) is 11.3 Å². The third kappa shape index (κ3) is 4.95. The highest BCUT2D eigenvalue weighted by atomic mass is 32.2. The Morgan fingerprint density at radius 1 is 1.25 bits per heavy atom. The van der Waals surface area contributed by atoms with Crippen LogP contribution in [0.25, 0.3) is 0 Å². The summed E-state index contributed by atoms with van der Waals surface area (Å²) < 4.78 is 1.60. The van der Waals surface area contributed by atoms with Crippen molar-refractivity contribution in [2.45, 2.75) is 64.6 Å². The van der Waals surface area contributed by atoms with Crippen LogP contribution in [0, 0.1) is 6.92 Å². The molecule has 1 aromatic carbocycles. The molecule has 1 aromatic heterocycles. The van der Waals surface area contributed by atoms with Crippen LogP contribution < -0.4 is 10.9 Å². The lowest BCUT2D eigenvalue weighted by atomic mass is 10.0. The van der Waals surface area contributed by atoms with Crippen LogP contribution in [0.15, 0.2) is 34.2 Å². The second kappa shape index (κ2) is 9.78. The summed E-state index contributed by atoms with van der Waals surface area (Å²) >= 11 is 1.16. The van der Waals surface area contributed by atoms with E-state index in [4.69, 9.17) is 0 Å². The van der Waals surface area contributed by atoms with E-state index in [0.29, 0.717) is 10.7 Å². The van der Waals surface area contributed by atoms with Crippen molar-refractivity contribution in [2.24, 2.45) is 0 Å². The second-order valence-corrected chi connectivity index (χ2v) is 7.97. The van der Waals surface area contributed by atoms with Crippen molar-refractivity contribution >= 4 is 23.4 Å². The molecule has 6 nitrogen and oxygen atoms in total. The molecule has 0 aliphatic carbocycles. The SMILES string of the molecule is CC[C@H](C)c1c(O)nc(SCC(=O)Nc2ccccc2C)n([C@@H](C)CC)c1=O. The van der Waals surface area contributed by atoms with Gasteiger partial charge in [0.15, 0.2) is 5.16 Å². The first kappa shape index (κ1) is 22.0. The number of amides is 1. The fraction of sp³-hybridized carbons (Fsp3) is 0.476. The third-order valence-electron chi connectivity index (χ3n) is 4.99. The number of nitrogens with one attached hydrogen (secondary N) is 1. The minimum Gasteiger partial charge on any atom is -0.493 e. The number of para-hydroxylation sites is 1. The van der Waals surface area contributed by atoms with Gasteiger partial charge in [0.25, 0.3) is 5.56 Å².